The Hall–Kier alpha value is -2.14. The molecule has 0 saturated carbocycles. The van der Waals surface area contributed by atoms with E-state index in [9.17, 15) is 9.59 Å². The second-order valence-corrected chi connectivity index (χ2v) is 7.94. The number of ether oxygens (including phenoxy) is 2. The SMILES string of the molecule is CC(C)COC(=O)[C@H](CCc1nc(C#N)cs1)NC(=O)OC(C)(C)C. The maximum atomic E-state index is 12.3. The Bertz CT molecular complexity index is 629. The van der Waals surface area contributed by atoms with E-state index >= 15 is 0 Å². The molecule has 1 N–H and O–H groups in total. The van der Waals surface area contributed by atoms with E-state index in [1.54, 1.807) is 26.2 Å². The van der Waals surface area contributed by atoms with Crippen LogP contribution in [0.25, 0.3) is 0 Å². The molecule has 0 unspecified atom stereocenters. The first-order valence-electron chi connectivity index (χ1n) is 8.11. The fourth-order valence-corrected chi connectivity index (χ4v) is 2.53. The van der Waals surface area contributed by atoms with Gasteiger partial charge in [-0.3, -0.25) is 0 Å². The van der Waals surface area contributed by atoms with Gasteiger partial charge in [0.05, 0.1) is 11.6 Å². The molecule has 1 heterocycles. The number of carbonyl (C=O) groups is 2. The third-order valence-electron chi connectivity index (χ3n) is 2.85. The monoisotopic (exact) mass is 367 g/mol. The van der Waals surface area contributed by atoms with E-state index in [1.165, 1.54) is 11.3 Å². The molecule has 1 aromatic heterocycles. The molecule has 1 amide bonds. The minimum absolute atomic E-state index is 0.197. The Balaban J connectivity index is 2.70. The number of nitrogens with zero attached hydrogens (tertiary/aromatic N) is 2. The number of rotatable bonds is 7. The minimum atomic E-state index is -0.831. The molecule has 0 aliphatic rings. The Kier molecular flexibility index (Phi) is 7.84. The standard InChI is InChI=1S/C17H25N3O4S/c1-11(2)9-23-15(21)13(20-16(22)24-17(3,4)5)6-7-14-19-12(8-18)10-25-14/h10-11,13H,6-7,9H2,1-5H3,(H,20,22)/t13-/m0/s1. The van der Waals surface area contributed by atoms with Crippen molar-refractivity contribution < 1.29 is 19.1 Å². The zero-order chi connectivity index (χ0) is 19.0. The predicted octanol–water partition coefficient (Wildman–Crippen LogP) is 3.04. The zero-order valence-corrected chi connectivity index (χ0v) is 16.1. The molecule has 1 rings (SSSR count). The number of alkyl carbamates (subject to hydrolysis) is 1. The van der Waals surface area contributed by atoms with Gasteiger partial charge in [0.2, 0.25) is 0 Å². The molecule has 0 aromatic carbocycles. The molecule has 0 fully saturated rings. The molecule has 138 valence electrons. The number of esters is 1. The first-order valence-corrected chi connectivity index (χ1v) is 8.99. The third-order valence-corrected chi connectivity index (χ3v) is 3.76. The summed E-state index contributed by atoms with van der Waals surface area (Å²) in [6.45, 7) is 9.39. The number of nitriles is 1. The van der Waals surface area contributed by atoms with Crippen molar-refractivity contribution in [2.75, 3.05) is 6.61 Å². The van der Waals surface area contributed by atoms with Crippen LogP contribution in [-0.2, 0) is 20.7 Å². The summed E-state index contributed by atoms with van der Waals surface area (Å²) < 4.78 is 10.4. The number of hydrogen-bond acceptors (Lipinski definition) is 7. The number of aromatic nitrogens is 1. The molecule has 0 aliphatic heterocycles. The van der Waals surface area contributed by atoms with Crippen LogP contribution in [-0.4, -0.2) is 35.3 Å². The average Bonchev–Trinajstić information content (AvgIpc) is 2.95. The van der Waals surface area contributed by atoms with Crippen LogP contribution in [0.3, 0.4) is 0 Å². The van der Waals surface area contributed by atoms with Crippen molar-refractivity contribution in [1.82, 2.24) is 10.3 Å². The van der Waals surface area contributed by atoms with E-state index in [4.69, 9.17) is 14.7 Å². The first-order chi connectivity index (χ1) is 11.6. The van der Waals surface area contributed by atoms with Crippen molar-refractivity contribution in [2.24, 2.45) is 5.92 Å². The number of amides is 1. The van der Waals surface area contributed by atoms with Gasteiger partial charge in [0.25, 0.3) is 0 Å². The van der Waals surface area contributed by atoms with Crippen molar-refractivity contribution in [3.05, 3.63) is 16.1 Å². The highest BCUT2D eigenvalue weighted by Crippen LogP contribution is 2.14. The summed E-state index contributed by atoms with van der Waals surface area (Å²) >= 11 is 1.35. The van der Waals surface area contributed by atoms with Crippen LogP contribution in [0.1, 0.15) is 51.7 Å². The van der Waals surface area contributed by atoms with Crippen molar-refractivity contribution >= 4 is 23.4 Å². The van der Waals surface area contributed by atoms with Crippen LogP contribution >= 0.6 is 11.3 Å². The lowest BCUT2D eigenvalue weighted by Gasteiger charge is -2.23. The molecule has 7 nitrogen and oxygen atoms in total. The van der Waals surface area contributed by atoms with Gasteiger partial charge >= 0.3 is 12.1 Å². The van der Waals surface area contributed by atoms with Gasteiger partial charge in [0.15, 0.2) is 5.69 Å². The lowest BCUT2D eigenvalue weighted by molar-refractivity contribution is -0.147. The summed E-state index contributed by atoms with van der Waals surface area (Å²) in [5, 5.41) is 13.8. The highest BCUT2D eigenvalue weighted by molar-refractivity contribution is 7.09. The molecule has 8 heteroatoms. The Labute approximate surface area is 152 Å². The van der Waals surface area contributed by atoms with Crippen molar-refractivity contribution in [3.63, 3.8) is 0 Å². The number of aryl methyl sites for hydroxylation is 1. The van der Waals surface area contributed by atoms with E-state index in [0.717, 1.165) is 5.01 Å². The summed E-state index contributed by atoms with van der Waals surface area (Å²) in [4.78, 5) is 28.4. The van der Waals surface area contributed by atoms with Gasteiger partial charge in [-0.1, -0.05) is 13.8 Å². The van der Waals surface area contributed by atoms with Crippen LogP contribution in [0.5, 0.6) is 0 Å². The highest BCUT2D eigenvalue weighted by Gasteiger charge is 2.26. The largest absolute Gasteiger partial charge is 0.464 e. The molecule has 0 radical (unpaired) electrons. The van der Waals surface area contributed by atoms with E-state index in [1.807, 2.05) is 19.9 Å². The van der Waals surface area contributed by atoms with Crippen LogP contribution in [0.4, 0.5) is 4.79 Å². The molecule has 1 atom stereocenters. The van der Waals surface area contributed by atoms with Crippen molar-refractivity contribution in [1.29, 1.82) is 5.26 Å². The number of thiazole rings is 1. The quantitative estimate of drug-likeness (QED) is 0.743. The second-order valence-electron chi connectivity index (χ2n) is 7.00. The van der Waals surface area contributed by atoms with Crippen molar-refractivity contribution in [2.45, 2.75) is 59.1 Å². The normalized spacial score (nSPS) is 12.4. The lowest BCUT2D eigenvalue weighted by Crippen LogP contribution is -2.44. The van der Waals surface area contributed by atoms with Gasteiger partial charge in [-0.15, -0.1) is 11.3 Å². The van der Waals surface area contributed by atoms with Gasteiger partial charge < -0.3 is 14.8 Å². The Morgan fingerprint density at radius 3 is 2.60 bits per heavy atom. The average molecular weight is 367 g/mol. The van der Waals surface area contributed by atoms with Gasteiger partial charge in [0, 0.05) is 11.8 Å². The molecule has 0 aliphatic carbocycles. The van der Waals surface area contributed by atoms with E-state index in [-0.39, 0.29) is 12.5 Å². The summed E-state index contributed by atoms with van der Waals surface area (Å²) in [5.41, 5.74) is -0.313. The fraction of sp³-hybridized carbons (Fsp3) is 0.647. The molecular formula is C17H25N3O4S. The second kappa shape index (κ2) is 9.37. The Morgan fingerprint density at radius 2 is 2.08 bits per heavy atom. The molecule has 0 saturated heterocycles. The van der Waals surface area contributed by atoms with Gasteiger partial charge in [-0.2, -0.15) is 5.26 Å². The van der Waals surface area contributed by atoms with Crippen LogP contribution in [0, 0.1) is 17.2 Å². The molecule has 25 heavy (non-hydrogen) atoms. The maximum Gasteiger partial charge on any atom is 0.408 e. The topological polar surface area (TPSA) is 101 Å². The molecular weight excluding hydrogens is 342 g/mol. The van der Waals surface area contributed by atoms with E-state index in [0.29, 0.717) is 18.5 Å². The van der Waals surface area contributed by atoms with Gasteiger partial charge in [-0.25, -0.2) is 14.6 Å². The molecule has 0 spiro atoms. The lowest BCUT2D eigenvalue weighted by atomic mass is 10.1. The first kappa shape index (κ1) is 20.9. The van der Waals surface area contributed by atoms with Crippen LogP contribution in [0.2, 0.25) is 0 Å². The Morgan fingerprint density at radius 1 is 1.40 bits per heavy atom. The molecule has 0 bridgehead atoms. The summed E-state index contributed by atoms with van der Waals surface area (Å²) in [5.74, 6) is -0.306. The summed E-state index contributed by atoms with van der Waals surface area (Å²) in [6.07, 6.45) is 0.0915. The van der Waals surface area contributed by atoms with Crippen LogP contribution < -0.4 is 5.32 Å². The molecule has 1 aromatic rings. The van der Waals surface area contributed by atoms with Crippen LogP contribution in [0.15, 0.2) is 5.38 Å². The van der Waals surface area contributed by atoms with E-state index < -0.39 is 23.7 Å². The van der Waals surface area contributed by atoms with Gasteiger partial charge in [0.1, 0.15) is 17.7 Å². The van der Waals surface area contributed by atoms with Gasteiger partial charge in [-0.05, 0) is 33.1 Å². The number of nitrogens with one attached hydrogen (secondary N) is 1. The number of carbonyl (C=O) groups excluding carboxylic acids is 2. The number of hydrogen-bond donors (Lipinski definition) is 1. The predicted molar refractivity (Wildman–Crippen MR) is 94.1 cm³/mol. The maximum absolute atomic E-state index is 12.3. The third kappa shape index (κ3) is 8.49. The summed E-state index contributed by atoms with van der Waals surface area (Å²) in [6, 6.07) is 1.14. The highest BCUT2D eigenvalue weighted by atomic mass is 32.1. The minimum Gasteiger partial charge on any atom is -0.464 e. The van der Waals surface area contributed by atoms with Crippen molar-refractivity contribution in [3.8, 4) is 6.07 Å². The zero-order valence-electron chi connectivity index (χ0n) is 15.3. The van der Waals surface area contributed by atoms with E-state index in [2.05, 4.69) is 10.3 Å². The fourth-order valence-electron chi connectivity index (χ4n) is 1.79. The smallest absolute Gasteiger partial charge is 0.408 e. The summed E-state index contributed by atoms with van der Waals surface area (Å²) in [7, 11) is 0.